The summed E-state index contributed by atoms with van der Waals surface area (Å²) in [7, 11) is 0. The molecule has 0 bridgehead atoms. The van der Waals surface area contributed by atoms with E-state index in [0.29, 0.717) is 13.0 Å². The fraction of sp³-hybridized carbons (Fsp3) is 0.462. The third-order valence-electron chi connectivity index (χ3n) is 2.40. The monoisotopic (exact) mass is 237 g/mol. The van der Waals surface area contributed by atoms with Crippen LogP contribution >= 0.6 is 0 Å². The summed E-state index contributed by atoms with van der Waals surface area (Å²) >= 11 is 0. The molecule has 0 aliphatic carbocycles. The summed E-state index contributed by atoms with van der Waals surface area (Å²) in [5, 5.41) is 11.8. The Balaban J connectivity index is 2.06. The molecule has 0 aliphatic heterocycles. The van der Waals surface area contributed by atoms with Crippen molar-refractivity contribution in [2.45, 2.75) is 25.8 Å². The quantitative estimate of drug-likeness (QED) is 0.678. The van der Waals surface area contributed by atoms with Crippen molar-refractivity contribution in [1.29, 1.82) is 0 Å². The maximum absolute atomic E-state index is 10.4. The lowest BCUT2D eigenvalue weighted by molar-refractivity contribution is -0.137. The highest BCUT2D eigenvalue weighted by atomic mass is 16.5. The number of benzene rings is 1. The molecule has 0 fully saturated rings. The van der Waals surface area contributed by atoms with E-state index >= 15 is 0 Å². The van der Waals surface area contributed by atoms with E-state index in [4.69, 9.17) is 9.84 Å². The van der Waals surface area contributed by atoms with E-state index in [1.807, 2.05) is 37.3 Å². The first-order valence-electron chi connectivity index (χ1n) is 5.81. The van der Waals surface area contributed by atoms with Gasteiger partial charge < -0.3 is 15.2 Å². The molecule has 0 aromatic heterocycles. The van der Waals surface area contributed by atoms with Crippen LogP contribution in [0.1, 0.15) is 19.8 Å². The van der Waals surface area contributed by atoms with Crippen LogP contribution in [0.4, 0.5) is 0 Å². The van der Waals surface area contributed by atoms with E-state index in [9.17, 15) is 4.79 Å². The number of nitrogens with one attached hydrogen (secondary N) is 1. The van der Waals surface area contributed by atoms with Gasteiger partial charge >= 0.3 is 5.97 Å². The van der Waals surface area contributed by atoms with Crippen molar-refractivity contribution in [3.8, 4) is 5.75 Å². The highest BCUT2D eigenvalue weighted by Gasteiger charge is 2.04. The molecule has 1 rings (SSSR count). The van der Waals surface area contributed by atoms with Crippen LogP contribution in [0.2, 0.25) is 0 Å². The first-order valence-corrected chi connectivity index (χ1v) is 5.81. The standard InChI is InChI=1S/C13H19NO3/c1-11(7-8-13(15)16)14-9-10-17-12-5-3-2-4-6-12/h2-6,11,14H,7-10H2,1H3,(H,15,16). The number of hydrogen-bond acceptors (Lipinski definition) is 3. The molecule has 4 nitrogen and oxygen atoms in total. The molecule has 0 radical (unpaired) electrons. The van der Waals surface area contributed by atoms with Crippen LogP contribution in [0.25, 0.3) is 0 Å². The molecule has 0 saturated heterocycles. The van der Waals surface area contributed by atoms with E-state index in [-0.39, 0.29) is 12.5 Å². The Morgan fingerprint density at radius 3 is 2.76 bits per heavy atom. The summed E-state index contributed by atoms with van der Waals surface area (Å²) in [6.07, 6.45) is 0.842. The van der Waals surface area contributed by atoms with Crippen LogP contribution in [0.3, 0.4) is 0 Å². The SMILES string of the molecule is CC(CCC(=O)O)NCCOc1ccccc1. The second-order valence-corrected chi connectivity index (χ2v) is 3.95. The predicted molar refractivity (Wildman–Crippen MR) is 66.3 cm³/mol. The molecule has 0 saturated carbocycles. The number of rotatable bonds is 8. The average Bonchev–Trinajstić information content (AvgIpc) is 2.33. The van der Waals surface area contributed by atoms with Gasteiger partial charge in [0.2, 0.25) is 0 Å². The molecule has 0 spiro atoms. The number of hydrogen-bond donors (Lipinski definition) is 2. The van der Waals surface area contributed by atoms with Gasteiger partial charge in [0.15, 0.2) is 0 Å². The Bertz CT molecular complexity index is 327. The van der Waals surface area contributed by atoms with Crippen molar-refractivity contribution < 1.29 is 14.6 Å². The fourth-order valence-electron chi connectivity index (χ4n) is 1.43. The molecule has 0 aliphatic rings. The number of carboxylic acid groups (broad SMARTS) is 1. The molecule has 1 unspecified atom stereocenters. The summed E-state index contributed by atoms with van der Waals surface area (Å²) in [5.74, 6) is 0.103. The highest BCUT2D eigenvalue weighted by Crippen LogP contribution is 2.07. The van der Waals surface area contributed by atoms with Gasteiger partial charge in [-0.15, -0.1) is 0 Å². The normalized spacial score (nSPS) is 12.1. The Kier molecular flexibility index (Phi) is 6.10. The van der Waals surface area contributed by atoms with Crippen LogP contribution in [0.5, 0.6) is 5.75 Å². The molecule has 1 aromatic carbocycles. The molecule has 0 heterocycles. The summed E-state index contributed by atoms with van der Waals surface area (Å²) in [5.41, 5.74) is 0. The molecular formula is C13H19NO3. The van der Waals surface area contributed by atoms with Crippen molar-refractivity contribution >= 4 is 5.97 Å². The maximum atomic E-state index is 10.4. The van der Waals surface area contributed by atoms with E-state index in [1.54, 1.807) is 0 Å². The van der Waals surface area contributed by atoms with Crippen molar-refractivity contribution in [1.82, 2.24) is 5.32 Å². The number of carbonyl (C=O) groups is 1. The maximum Gasteiger partial charge on any atom is 0.303 e. The smallest absolute Gasteiger partial charge is 0.303 e. The van der Waals surface area contributed by atoms with Crippen LogP contribution < -0.4 is 10.1 Å². The van der Waals surface area contributed by atoms with Gasteiger partial charge in [0.25, 0.3) is 0 Å². The summed E-state index contributed by atoms with van der Waals surface area (Å²) in [4.78, 5) is 10.4. The van der Waals surface area contributed by atoms with Crippen LogP contribution in [0.15, 0.2) is 30.3 Å². The summed E-state index contributed by atoms with van der Waals surface area (Å²) in [6.45, 7) is 3.28. The Morgan fingerprint density at radius 1 is 1.41 bits per heavy atom. The lowest BCUT2D eigenvalue weighted by Gasteiger charge is -2.13. The number of para-hydroxylation sites is 1. The van der Waals surface area contributed by atoms with E-state index in [1.165, 1.54) is 0 Å². The third kappa shape index (κ3) is 6.58. The van der Waals surface area contributed by atoms with Gasteiger partial charge in [0.05, 0.1) is 0 Å². The summed E-state index contributed by atoms with van der Waals surface area (Å²) in [6, 6.07) is 9.82. The topological polar surface area (TPSA) is 58.6 Å². The average molecular weight is 237 g/mol. The molecule has 17 heavy (non-hydrogen) atoms. The van der Waals surface area contributed by atoms with Gasteiger partial charge in [-0.25, -0.2) is 0 Å². The molecule has 0 amide bonds. The van der Waals surface area contributed by atoms with Gasteiger partial charge in [-0.1, -0.05) is 18.2 Å². The molecule has 1 aromatic rings. The zero-order valence-electron chi connectivity index (χ0n) is 10.1. The first kappa shape index (κ1) is 13.5. The molecule has 4 heteroatoms. The van der Waals surface area contributed by atoms with E-state index in [0.717, 1.165) is 12.3 Å². The zero-order valence-corrected chi connectivity index (χ0v) is 10.1. The first-order chi connectivity index (χ1) is 8.18. The largest absolute Gasteiger partial charge is 0.492 e. The Labute approximate surface area is 102 Å². The minimum atomic E-state index is -0.751. The summed E-state index contributed by atoms with van der Waals surface area (Å²) < 4.78 is 5.50. The van der Waals surface area contributed by atoms with Crippen molar-refractivity contribution in [2.75, 3.05) is 13.2 Å². The van der Waals surface area contributed by atoms with Gasteiger partial charge in [-0.3, -0.25) is 4.79 Å². The van der Waals surface area contributed by atoms with Crippen molar-refractivity contribution in [2.24, 2.45) is 0 Å². The number of carboxylic acids is 1. The number of aliphatic carboxylic acids is 1. The molecule has 1 atom stereocenters. The Morgan fingerprint density at radius 2 is 2.12 bits per heavy atom. The Hall–Kier alpha value is -1.55. The van der Waals surface area contributed by atoms with Crippen LogP contribution in [-0.2, 0) is 4.79 Å². The van der Waals surface area contributed by atoms with Gasteiger partial charge in [0.1, 0.15) is 12.4 Å². The number of ether oxygens (including phenoxy) is 1. The van der Waals surface area contributed by atoms with Gasteiger partial charge in [0, 0.05) is 19.0 Å². The van der Waals surface area contributed by atoms with Crippen molar-refractivity contribution in [3.63, 3.8) is 0 Å². The minimum Gasteiger partial charge on any atom is -0.492 e. The minimum absolute atomic E-state index is 0.200. The van der Waals surface area contributed by atoms with Crippen LogP contribution in [-0.4, -0.2) is 30.3 Å². The third-order valence-corrected chi connectivity index (χ3v) is 2.40. The lowest BCUT2D eigenvalue weighted by atomic mass is 10.2. The molecule has 94 valence electrons. The zero-order chi connectivity index (χ0) is 12.5. The van der Waals surface area contributed by atoms with Crippen LogP contribution in [0, 0.1) is 0 Å². The second-order valence-electron chi connectivity index (χ2n) is 3.95. The van der Waals surface area contributed by atoms with Crippen molar-refractivity contribution in [3.05, 3.63) is 30.3 Å². The van der Waals surface area contributed by atoms with E-state index < -0.39 is 5.97 Å². The lowest BCUT2D eigenvalue weighted by Crippen LogP contribution is -2.30. The predicted octanol–water partition coefficient (Wildman–Crippen LogP) is 1.91. The molecule has 2 N–H and O–H groups in total. The van der Waals surface area contributed by atoms with Gasteiger partial charge in [-0.2, -0.15) is 0 Å². The second kappa shape index (κ2) is 7.68. The van der Waals surface area contributed by atoms with E-state index in [2.05, 4.69) is 5.32 Å². The highest BCUT2D eigenvalue weighted by molar-refractivity contribution is 5.66. The van der Waals surface area contributed by atoms with Gasteiger partial charge in [-0.05, 0) is 25.5 Å². The fourth-order valence-corrected chi connectivity index (χ4v) is 1.43. The molecular weight excluding hydrogens is 218 g/mol.